The third-order valence-corrected chi connectivity index (χ3v) is 2.72. The maximum Gasteiger partial charge on any atom is 0.144 e. The molecular weight excluding hydrogens is 165 g/mol. The van der Waals surface area contributed by atoms with Crippen molar-refractivity contribution in [2.24, 2.45) is 0 Å². The van der Waals surface area contributed by atoms with Crippen LogP contribution in [0.2, 0.25) is 0 Å². The van der Waals surface area contributed by atoms with Gasteiger partial charge in [0.25, 0.3) is 0 Å². The van der Waals surface area contributed by atoms with Crippen molar-refractivity contribution >= 4 is 0 Å². The van der Waals surface area contributed by atoms with Crippen LogP contribution >= 0.6 is 0 Å². The van der Waals surface area contributed by atoms with Gasteiger partial charge in [0.1, 0.15) is 5.67 Å². The van der Waals surface area contributed by atoms with Gasteiger partial charge < -0.3 is 0 Å². The van der Waals surface area contributed by atoms with Crippen LogP contribution in [0.15, 0.2) is 23.8 Å². The second-order valence-corrected chi connectivity index (χ2v) is 4.21. The van der Waals surface area contributed by atoms with Gasteiger partial charge in [0, 0.05) is 6.04 Å². The Bertz CT molecular complexity index is 265. The van der Waals surface area contributed by atoms with Crippen molar-refractivity contribution in [1.82, 2.24) is 5.32 Å². The Kier molecular flexibility index (Phi) is 2.03. The van der Waals surface area contributed by atoms with Crippen LogP contribution in [0.25, 0.3) is 0 Å². The monoisotopic (exact) mass is 180 g/mol. The molecule has 0 bridgehead atoms. The molecule has 2 aliphatic rings. The Morgan fingerprint density at radius 1 is 1.62 bits per heavy atom. The first-order valence-corrected chi connectivity index (χ1v) is 4.87. The summed E-state index contributed by atoms with van der Waals surface area (Å²) >= 11 is 0. The maximum atomic E-state index is 13.5. The number of halogens is 1. The Hall–Kier alpha value is -0.630. The van der Waals surface area contributed by atoms with E-state index in [1.807, 2.05) is 6.08 Å². The molecule has 1 radical (unpaired) electrons. The van der Waals surface area contributed by atoms with Gasteiger partial charge in [0.05, 0.1) is 6.04 Å². The molecule has 3 atom stereocenters. The Morgan fingerprint density at radius 2 is 2.38 bits per heavy atom. The molecule has 1 fully saturated rings. The van der Waals surface area contributed by atoms with E-state index in [1.165, 1.54) is 0 Å². The summed E-state index contributed by atoms with van der Waals surface area (Å²) in [4.78, 5) is 0. The van der Waals surface area contributed by atoms with Gasteiger partial charge in [0.15, 0.2) is 0 Å². The predicted octanol–water partition coefficient (Wildman–Crippen LogP) is 2.37. The number of hydrogen-bond acceptors (Lipinski definition) is 0. The van der Waals surface area contributed by atoms with Crippen LogP contribution in [0.4, 0.5) is 4.39 Å². The Labute approximate surface area is 78.7 Å². The number of piperidine rings is 1. The molecule has 1 aliphatic heterocycles. The minimum atomic E-state index is -1.25. The van der Waals surface area contributed by atoms with E-state index in [2.05, 4.69) is 12.2 Å². The van der Waals surface area contributed by atoms with Gasteiger partial charge >= 0.3 is 0 Å². The van der Waals surface area contributed by atoms with E-state index in [0.717, 1.165) is 18.4 Å². The fraction of sp³-hybridized carbons (Fsp3) is 0.636. The second kappa shape index (κ2) is 2.95. The normalized spacial score (nSPS) is 44.1. The Morgan fingerprint density at radius 3 is 3.15 bits per heavy atom. The molecular formula is C11H15FN. The highest BCUT2D eigenvalue weighted by atomic mass is 19.1. The lowest BCUT2D eigenvalue weighted by molar-refractivity contribution is 0.310. The first kappa shape index (κ1) is 8.95. The van der Waals surface area contributed by atoms with Crippen molar-refractivity contribution in [3.63, 3.8) is 0 Å². The SMILES string of the molecule is CC1CCC2=CC(C)(F)C=CC2[N]1. The second-order valence-electron chi connectivity index (χ2n) is 4.21. The van der Waals surface area contributed by atoms with Crippen molar-refractivity contribution in [3.8, 4) is 0 Å². The van der Waals surface area contributed by atoms with Gasteiger partial charge in [-0.1, -0.05) is 6.08 Å². The fourth-order valence-electron chi connectivity index (χ4n) is 1.99. The Balaban J connectivity index is 2.18. The van der Waals surface area contributed by atoms with Gasteiger partial charge in [-0.3, -0.25) is 0 Å². The highest BCUT2D eigenvalue weighted by Crippen LogP contribution is 2.30. The van der Waals surface area contributed by atoms with Gasteiger partial charge in [0.2, 0.25) is 0 Å². The molecule has 13 heavy (non-hydrogen) atoms. The van der Waals surface area contributed by atoms with Crippen molar-refractivity contribution in [3.05, 3.63) is 23.8 Å². The first-order valence-electron chi connectivity index (χ1n) is 4.87. The summed E-state index contributed by atoms with van der Waals surface area (Å²) in [5.41, 5.74) is -0.0901. The van der Waals surface area contributed by atoms with E-state index in [-0.39, 0.29) is 6.04 Å². The number of hydrogen-bond donors (Lipinski definition) is 0. The van der Waals surface area contributed by atoms with E-state index in [0.29, 0.717) is 6.04 Å². The lowest BCUT2D eigenvalue weighted by Crippen LogP contribution is -2.37. The molecule has 0 aromatic rings. The average Bonchev–Trinajstić information content (AvgIpc) is 2.05. The number of fused-ring (bicyclic) bond motifs is 1. The van der Waals surface area contributed by atoms with Crippen LogP contribution in [0, 0.1) is 0 Å². The van der Waals surface area contributed by atoms with E-state index >= 15 is 0 Å². The summed E-state index contributed by atoms with van der Waals surface area (Å²) in [6, 6.07) is 0.586. The van der Waals surface area contributed by atoms with Crippen molar-refractivity contribution in [1.29, 1.82) is 0 Å². The summed E-state index contributed by atoms with van der Waals surface area (Å²) in [5, 5.41) is 4.55. The van der Waals surface area contributed by atoms with E-state index < -0.39 is 5.67 Å². The zero-order valence-corrected chi connectivity index (χ0v) is 8.13. The topological polar surface area (TPSA) is 14.1 Å². The predicted molar refractivity (Wildman–Crippen MR) is 51.4 cm³/mol. The number of allylic oxidation sites excluding steroid dienone is 2. The minimum absolute atomic E-state index is 0.160. The van der Waals surface area contributed by atoms with Crippen LogP contribution < -0.4 is 5.32 Å². The van der Waals surface area contributed by atoms with Gasteiger partial charge in [-0.2, -0.15) is 0 Å². The molecule has 0 N–H and O–H groups in total. The summed E-state index contributed by atoms with van der Waals surface area (Å²) in [5.74, 6) is 0. The lowest BCUT2D eigenvalue weighted by atomic mass is 9.86. The summed E-state index contributed by atoms with van der Waals surface area (Å²) < 4.78 is 13.5. The van der Waals surface area contributed by atoms with E-state index in [1.54, 1.807) is 19.1 Å². The first-order chi connectivity index (χ1) is 6.07. The molecule has 0 aromatic carbocycles. The van der Waals surface area contributed by atoms with Crippen LogP contribution in [0.3, 0.4) is 0 Å². The molecule has 1 saturated heterocycles. The molecule has 2 heteroatoms. The van der Waals surface area contributed by atoms with Gasteiger partial charge in [-0.15, -0.1) is 0 Å². The summed E-state index contributed by atoms with van der Waals surface area (Å²) in [6.45, 7) is 3.71. The minimum Gasteiger partial charge on any atom is -0.235 e. The van der Waals surface area contributed by atoms with Crippen molar-refractivity contribution < 1.29 is 4.39 Å². The molecule has 0 spiro atoms. The fourth-order valence-corrected chi connectivity index (χ4v) is 1.99. The summed E-state index contributed by atoms with van der Waals surface area (Å²) in [6.07, 6.45) is 7.30. The molecule has 3 unspecified atom stereocenters. The van der Waals surface area contributed by atoms with Gasteiger partial charge in [-0.05, 0) is 44.4 Å². The van der Waals surface area contributed by atoms with Crippen LogP contribution in [0.5, 0.6) is 0 Å². The molecule has 0 saturated carbocycles. The quantitative estimate of drug-likeness (QED) is 0.508. The zero-order chi connectivity index (χ0) is 9.47. The molecule has 0 amide bonds. The van der Waals surface area contributed by atoms with E-state index in [4.69, 9.17) is 0 Å². The van der Waals surface area contributed by atoms with E-state index in [9.17, 15) is 4.39 Å². The average molecular weight is 180 g/mol. The summed E-state index contributed by atoms with van der Waals surface area (Å²) in [7, 11) is 0. The van der Waals surface area contributed by atoms with Crippen molar-refractivity contribution in [2.75, 3.05) is 0 Å². The number of alkyl halides is 1. The largest absolute Gasteiger partial charge is 0.235 e. The number of nitrogens with zero attached hydrogens (tertiary/aromatic N) is 1. The maximum absolute atomic E-state index is 13.5. The number of rotatable bonds is 0. The highest BCUT2D eigenvalue weighted by molar-refractivity contribution is 5.32. The third kappa shape index (κ3) is 1.83. The third-order valence-electron chi connectivity index (χ3n) is 2.72. The smallest absolute Gasteiger partial charge is 0.144 e. The standard InChI is InChI=1S/C11H15FN/c1-8-3-4-9-7-11(2,12)6-5-10(9)13-8/h5-8,10H,3-4H2,1-2H3. The molecule has 71 valence electrons. The molecule has 1 aliphatic carbocycles. The zero-order valence-electron chi connectivity index (χ0n) is 8.13. The van der Waals surface area contributed by atoms with Crippen LogP contribution in [-0.2, 0) is 0 Å². The molecule has 1 heterocycles. The van der Waals surface area contributed by atoms with Crippen LogP contribution in [0.1, 0.15) is 26.7 Å². The molecule has 2 rings (SSSR count). The molecule has 0 aromatic heterocycles. The highest BCUT2D eigenvalue weighted by Gasteiger charge is 2.29. The van der Waals surface area contributed by atoms with Gasteiger partial charge in [-0.25, -0.2) is 9.71 Å². The van der Waals surface area contributed by atoms with Crippen LogP contribution in [-0.4, -0.2) is 17.8 Å². The molecule has 1 nitrogen and oxygen atoms in total. The lowest BCUT2D eigenvalue weighted by Gasteiger charge is -2.32. The van der Waals surface area contributed by atoms with Crippen molar-refractivity contribution in [2.45, 2.75) is 44.4 Å².